The number of fused-ring (bicyclic) bond motifs is 2. The van der Waals surface area contributed by atoms with Crippen molar-refractivity contribution in [3.8, 4) is 5.75 Å². The highest BCUT2D eigenvalue weighted by Crippen LogP contribution is 2.40. The molecule has 2 unspecified atom stereocenters. The first-order chi connectivity index (χ1) is 9.52. The molecule has 0 aromatic heterocycles. The van der Waals surface area contributed by atoms with E-state index in [1.807, 2.05) is 11.8 Å². The third-order valence-corrected chi connectivity index (χ3v) is 6.96. The van der Waals surface area contributed by atoms with Crippen molar-refractivity contribution >= 4 is 21.8 Å². The van der Waals surface area contributed by atoms with Crippen LogP contribution in [0.1, 0.15) is 13.3 Å². The lowest BCUT2D eigenvalue weighted by molar-refractivity contribution is 0.321. The minimum absolute atomic E-state index is 0.0102. The van der Waals surface area contributed by atoms with Gasteiger partial charge in [-0.15, -0.1) is 0 Å². The van der Waals surface area contributed by atoms with Crippen LogP contribution in [0.2, 0.25) is 0 Å². The van der Waals surface area contributed by atoms with E-state index in [4.69, 9.17) is 4.74 Å². The van der Waals surface area contributed by atoms with E-state index < -0.39 is 15.8 Å². The number of rotatable bonds is 4. The zero-order valence-electron chi connectivity index (χ0n) is 11.1. The molecule has 7 heteroatoms. The maximum absolute atomic E-state index is 13.8. The first kappa shape index (κ1) is 14.2. The van der Waals surface area contributed by atoms with Crippen molar-refractivity contribution in [2.75, 3.05) is 18.9 Å². The van der Waals surface area contributed by atoms with E-state index in [1.165, 1.54) is 16.4 Å². The molecule has 2 aliphatic heterocycles. The molecule has 2 heterocycles. The zero-order valence-corrected chi connectivity index (χ0v) is 12.7. The highest BCUT2D eigenvalue weighted by atomic mass is 32.2. The SMILES string of the molecule is CCOc1ccc(S(=O)(=O)N2CC3CC2CS3)cc1F. The predicted octanol–water partition coefficient (Wildman–Crippen LogP) is 2.10. The average Bonchev–Trinajstić information content (AvgIpc) is 3.04. The van der Waals surface area contributed by atoms with Gasteiger partial charge in [0, 0.05) is 23.6 Å². The third kappa shape index (κ3) is 2.31. The first-order valence-corrected chi connectivity index (χ1v) is 9.07. The van der Waals surface area contributed by atoms with E-state index in [0.29, 0.717) is 18.4 Å². The Balaban J connectivity index is 1.90. The van der Waals surface area contributed by atoms with Crippen LogP contribution in [0.3, 0.4) is 0 Å². The molecule has 0 spiro atoms. The maximum Gasteiger partial charge on any atom is 0.243 e. The van der Waals surface area contributed by atoms with E-state index in [-0.39, 0.29) is 16.7 Å². The number of halogens is 1. The Kier molecular flexibility index (Phi) is 3.68. The quantitative estimate of drug-likeness (QED) is 0.853. The molecule has 3 rings (SSSR count). The third-order valence-electron chi connectivity index (χ3n) is 3.66. The second-order valence-corrected chi connectivity index (χ2v) is 8.17. The number of nitrogens with zero attached hydrogens (tertiary/aromatic N) is 1. The molecule has 2 saturated heterocycles. The van der Waals surface area contributed by atoms with Crippen molar-refractivity contribution in [3.63, 3.8) is 0 Å². The molecule has 2 atom stereocenters. The van der Waals surface area contributed by atoms with Gasteiger partial charge in [-0.25, -0.2) is 12.8 Å². The lowest BCUT2D eigenvalue weighted by Crippen LogP contribution is -2.39. The van der Waals surface area contributed by atoms with Crippen LogP contribution in [-0.2, 0) is 10.0 Å². The Morgan fingerprint density at radius 3 is 2.85 bits per heavy atom. The number of sulfonamides is 1. The Bertz CT molecular complexity index is 620. The van der Waals surface area contributed by atoms with Crippen LogP contribution >= 0.6 is 11.8 Å². The lowest BCUT2D eigenvalue weighted by atomic mass is 10.3. The topological polar surface area (TPSA) is 46.6 Å². The van der Waals surface area contributed by atoms with E-state index >= 15 is 0 Å². The standard InChI is InChI=1S/C13H16FNO3S2/c1-2-18-13-4-3-11(6-12(13)14)20(16,17)15-7-10-5-9(15)8-19-10/h3-4,6,9-10H,2,5,7-8H2,1H3. The fraction of sp³-hybridized carbons (Fsp3) is 0.538. The second-order valence-electron chi connectivity index (χ2n) is 4.94. The molecule has 2 fully saturated rings. The van der Waals surface area contributed by atoms with Gasteiger partial charge in [0.15, 0.2) is 11.6 Å². The first-order valence-electron chi connectivity index (χ1n) is 6.58. The van der Waals surface area contributed by atoms with Crippen molar-refractivity contribution in [1.29, 1.82) is 0 Å². The zero-order chi connectivity index (χ0) is 14.3. The Labute approximate surface area is 122 Å². The molecule has 0 aliphatic carbocycles. The molecule has 110 valence electrons. The second kappa shape index (κ2) is 5.20. The van der Waals surface area contributed by atoms with Crippen molar-refractivity contribution < 1.29 is 17.5 Å². The summed E-state index contributed by atoms with van der Waals surface area (Å²) in [6.45, 7) is 2.63. The molecule has 0 radical (unpaired) electrons. The van der Waals surface area contributed by atoms with E-state index in [9.17, 15) is 12.8 Å². The molecule has 0 N–H and O–H groups in total. The summed E-state index contributed by atoms with van der Waals surface area (Å²) in [7, 11) is -3.60. The summed E-state index contributed by atoms with van der Waals surface area (Å²) in [4.78, 5) is 0.0102. The van der Waals surface area contributed by atoms with Crippen LogP contribution in [0.4, 0.5) is 4.39 Å². The molecular formula is C13H16FNO3S2. The van der Waals surface area contributed by atoms with Crippen LogP contribution in [0.25, 0.3) is 0 Å². The van der Waals surface area contributed by atoms with Gasteiger partial charge in [0.25, 0.3) is 0 Å². The van der Waals surface area contributed by atoms with Crippen LogP contribution in [0.5, 0.6) is 5.75 Å². The largest absolute Gasteiger partial charge is 0.491 e. The smallest absolute Gasteiger partial charge is 0.243 e. The van der Waals surface area contributed by atoms with Gasteiger partial charge in [-0.3, -0.25) is 0 Å². The summed E-state index contributed by atoms with van der Waals surface area (Å²) in [5.41, 5.74) is 0. The van der Waals surface area contributed by atoms with E-state index in [0.717, 1.165) is 18.2 Å². The Morgan fingerprint density at radius 2 is 2.30 bits per heavy atom. The van der Waals surface area contributed by atoms with Crippen LogP contribution < -0.4 is 4.74 Å². The number of hydrogen-bond acceptors (Lipinski definition) is 4. The molecule has 1 aromatic carbocycles. The molecule has 4 nitrogen and oxygen atoms in total. The summed E-state index contributed by atoms with van der Waals surface area (Å²) in [6, 6.07) is 3.92. The van der Waals surface area contributed by atoms with Crippen LogP contribution in [0.15, 0.2) is 23.1 Å². The molecule has 2 aliphatic rings. The summed E-state index contributed by atoms with van der Waals surface area (Å²) < 4.78 is 45.5. The predicted molar refractivity (Wildman–Crippen MR) is 76.1 cm³/mol. The molecule has 2 bridgehead atoms. The lowest BCUT2D eigenvalue weighted by Gasteiger charge is -2.25. The highest BCUT2D eigenvalue weighted by Gasteiger charge is 2.44. The van der Waals surface area contributed by atoms with Gasteiger partial charge in [0.2, 0.25) is 10.0 Å². The molecule has 0 saturated carbocycles. The summed E-state index contributed by atoms with van der Waals surface area (Å²) in [6.07, 6.45) is 0.906. The fourth-order valence-corrected chi connectivity index (χ4v) is 6.02. The van der Waals surface area contributed by atoms with E-state index in [1.54, 1.807) is 6.92 Å². The molecule has 1 aromatic rings. The van der Waals surface area contributed by atoms with Gasteiger partial charge in [0.05, 0.1) is 11.5 Å². The average molecular weight is 317 g/mol. The van der Waals surface area contributed by atoms with Crippen molar-refractivity contribution in [2.24, 2.45) is 0 Å². The molecule has 0 amide bonds. The van der Waals surface area contributed by atoms with E-state index in [2.05, 4.69) is 0 Å². The Hall–Kier alpha value is -0.790. The molecular weight excluding hydrogens is 301 g/mol. The summed E-state index contributed by atoms with van der Waals surface area (Å²) >= 11 is 1.82. The van der Waals surface area contributed by atoms with Crippen LogP contribution in [-0.4, -0.2) is 42.9 Å². The number of ether oxygens (including phenoxy) is 1. The summed E-state index contributed by atoms with van der Waals surface area (Å²) in [5, 5.41) is 0.391. The number of hydrogen-bond donors (Lipinski definition) is 0. The van der Waals surface area contributed by atoms with Gasteiger partial charge >= 0.3 is 0 Å². The van der Waals surface area contributed by atoms with Crippen molar-refractivity contribution in [3.05, 3.63) is 24.0 Å². The minimum Gasteiger partial charge on any atom is -0.491 e. The normalized spacial score (nSPS) is 26.1. The van der Waals surface area contributed by atoms with Crippen molar-refractivity contribution in [2.45, 2.75) is 29.5 Å². The summed E-state index contributed by atoms with van der Waals surface area (Å²) in [5.74, 6) is 0.292. The highest BCUT2D eigenvalue weighted by molar-refractivity contribution is 8.00. The monoisotopic (exact) mass is 317 g/mol. The Morgan fingerprint density at radius 1 is 1.50 bits per heavy atom. The maximum atomic E-state index is 13.8. The van der Waals surface area contributed by atoms with Gasteiger partial charge < -0.3 is 4.74 Å². The minimum atomic E-state index is -3.60. The van der Waals surface area contributed by atoms with Gasteiger partial charge in [-0.05, 0) is 31.5 Å². The van der Waals surface area contributed by atoms with Crippen LogP contribution in [0, 0.1) is 5.82 Å². The van der Waals surface area contributed by atoms with Gasteiger partial charge in [0.1, 0.15) is 0 Å². The number of benzene rings is 1. The fourth-order valence-electron chi connectivity index (χ4n) is 2.71. The van der Waals surface area contributed by atoms with Gasteiger partial charge in [-0.2, -0.15) is 16.1 Å². The van der Waals surface area contributed by atoms with Gasteiger partial charge in [-0.1, -0.05) is 0 Å². The van der Waals surface area contributed by atoms with Crippen molar-refractivity contribution in [1.82, 2.24) is 4.31 Å². The number of thioether (sulfide) groups is 1. The molecule has 20 heavy (non-hydrogen) atoms.